The quantitative estimate of drug-likeness (QED) is 0.294. The van der Waals surface area contributed by atoms with Crippen LogP contribution in [0.5, 0.6) is 17.4 Å². The van der Waals surface area contributed by atoms with Gasteiger partial charge < -0.3 is 19.1 Å². The number of hydrogen-bond acceptors (Lipinski definition) is 9. The molecule has 32 heavy (non-hydrogen) atoms. The van der Waals surface area contributed by atoms with E-state index in [1.54, 1.807) is 25.0 Å². The number of carbonyl (C=O) groups excluding carboxylic acids is 1. The first kappa shape index (κ1) is 25.4. The lowest BCUT2D eigenvalue weighted by Gasteiger charge is -2.26. The molecular formula is C22H30N2O7S. The lowest BCUT2D eigenvalue weighted by Crippen LogP contribution is -2.30. The van der Waals surface area contributed by atoms with Crippen molar-refractivity contribution in [2.45, 2.75) is 34.1 Å². The van der Waals surface area contributed by atoms with Gasteiger partial charge in [-0.1, -0.05) is 6.92 Å². The number of ether oxygens (including phenoxy) is 3. The Hall–Kier alpha value is -2.85. The SMILES string of the molecule is CCCN(COS(C)(=O)=O)c1cc(C)nc(Oc2c(C)cc(OC)cc2C)c1C(=O)OC. The Morgan fingerprint density at radius 2 is 1.72 bits per heavy atom. The van der Waals surface area contributed by atoms with E-state index >= 15 is 0 Å². The van der Waals surface area contributed by atoms with Gasteiger partial charge in [0.2, 0.25) is 5.88 Å². The fourth-order valence-electron chi connectivity index (χ4n) is 3.22. The van der Waals surface area contributed by atoms with E-state index in [9.17, 15) is 13.2 Å². The summed E-state index contributed by atoms with van der Waals surface area (Å²) in [4.78, 5) is 18.9. The summed E-state index contributed by atoms with van der Waals surface area (Å²) in [7, 11) is -0.844. The summed E-state index contributed by atoms with van der Waals surface area (Å²) in [5, 5.41) is 0. The lowest BCUT2D eigenvalue weighted by molar-refractivity contribution is 0.0597. The van der Waals surface area contributed by atoms with E-state index in [2.05, 4.69) is 4.98 Å². The van der Waals surface area contributed by atoms with Crippen LogP contribution in [-0.2, 0) is 19.0 Å². The van der Waals surface area contributed by atoms with Crippen molar-refractivity contribution >= 4 is 21.8 Å². The molecule has 0 saturated heterocycles. The van der Waals surface area contributed by atoms with Crippen molar-refractivity contribution in [3.05, 3.63) is 40.6 Å². The number of nitrogens with zero attached hydrogens (tertiary/aromatic N) is 2. The molecule has 0 fully saturated rings. The van der Waals surface area contributed by atoms with Gasteiger partial charge in [0.15, 0.2) is 0 Å². The zero-order valence-corrected chi connectivity index (χ0v) is 20.3. The molecule has 2 aromatic rings. The van der Waals surface area contributed by atoms with E-state index in [4.69, 9.17) is 18.4 Å². The molecule has 0 aliphatic carbocycles. The van der Waals surface area contributed by atoms with Gasteiger partial charge in [-0.2, -0.15) is 8.42 Å². The number of pyridine rings is 1. The number of methoxy groups -OCH3 is 2. The van der Waals surface area contributed by atoms with Crippen LogP contribution < -0.4 is 14.4 Å². The molecule has 1 aromatic carbocycles. The molecule has 0 unspecified atom stereocenters. The van der Waals surface area contributed by atoms with Crippen molar-refractivity contribution in [3.63, 3.8) is 0 Å². The second-order valence-electron chi connectivity index (χ2n) is 7.36. The molecule has 0 radical (unpaired) electrons. The summed E-state index contributed by atoms with van der Waals surface area (Å²) in [6, 6.07) is 5.31. The summed E-state index contributed by atoms with van der Waals surface area (Å²) in [6.07, 6.45) is 1.65. The Bertz CT molecular complexity index is 1060. The van der Waals surface area contributed by atoms with Gasteiger partial charge in [-0.15, -0.1) is 0 Å². The maximum Gasteiger partial charge on any atom is 0.345 e. The predicted molar refractivity (Wildman–Crippen MR) is 121 cm³/mol. The van der Waals surface area contributed by atoms with Crippen LogP contribution in [0.1, 0.15) is 40.5 Å². The van der Waals surface area contributed by atoms with Gasteiger partial charge in [0.25, 0.3) is 10.1 Å². The van der Waals surface area contributed by atoms with E-state index in [0.717, 1.165) is 17.4 Å². The number of aromatic nitrogens is 1. The molecule has 176 valence electrons. The monoisotopic (exact) mass is 466 g/mol. The Balaban J connectivity index is 2.64. The highest BCUT2D eigenvalue weighted by atomic mass is 32.2. The van der Waals surface area contributed by atoms with Gasteiger partial charge in [-0.3, -0.25) is 0 Å². The van der Waals surface area contributed by atoms with E-state index in [1.807, 2.05) is 32.9 Å². The summed E-state index contributed by atoms with van der Waals surface area (Å²) >= 11 is 0. The summed E-state index contributed by atoms with van der Waals surface area (Å²) in [6.45, 7) is 7.59. The highest BCUT2D eigenvalue weighted by molar-refractivity contribution is 7.85. The molecule has 10 heteroatoms. The maximum absolute atomic E-state index is 12.8. The molecule has 0 spiro atoms. The molecule has 1 aromatic heterocycles. The number of hydrogen-bond donors (Lipinski definition) is 0. The fourth-order valence-corrected chi connectivity index (χ4v) is 3.53. The van der Waals surface area contributed by atoms with Crippen molar-refractivity contribution in [3.8, 4) is 17.4 Å². The van der Waals surface area contributed by atoms with Crippen molar-refractivity contribution in [1.82, 2.24) is 4.98 Å². The first-order valence-electron chi connectivity index (χ1n) is 10.0. The summed E-state index contributed by atoms with van der Waals surface area (Å²) in [5.41, 5.74) is 2.67. The molecule has 2 rings (SSSR count). The molecule has 0 saturated carbocycles. The van der Waals surface area contributed by atoms with Crippen LogP contribution in [0.2, 0.25) is 0 Å². The lowest BCUT2D eigenvalue weighted by atomic mass is 10.1. The Labute approximate surface area is 189 Å². The topological polar surface area (TPSA) is 104 Å². The smallest absolute Gasteiger partial charge is 0.345 e. The number of aryl methyl sites for hydroxylation is 3. The number of rotatable bonds is 10. The predicted octanol–water partition coefficient (Wildman–Crippen LogP) is 3.74. The fraction of sp³-hybridized carbons (Fsp3) is 0.455. The van der Waals surface area contributed by atoms with Crippen molar-refractivity contribution in [1.29, 1.82) is 0 Å². The maximum atomic E-state index is 12.8. The zero-order chi connectivity index (χ0) is 24.1. The van der Waals surface area contributed by atoms with Crippen LogP contribution in [0.3, 0.4) is 0 Å². The largest absolute Gasteiger partial charge is 0.497 e. The highest BCUT2D eigenvalue weighted by Gasteiger charge is 2.26. The molecule has 0 amide bonds. The summed E-state index contributed by atoms with van der Waals surface area (Å²) in [5.74, 6) is 0.621. The van der Waals surface area contributed by atoms with Crippen LogP contribution in [0.4, 0.5) is 5.69 Å². The van der Waals surface area contributed by atoms with Gasteiger partial charge in [0.1, 0.15) is 23.8 Å². The third kappa shape index (κ3) is 6.33. The third-order valence-corrected chi connectivity index (χ3v) is 5.14. The standard InChI is InChI=1S/C22H30N2O7S/c1-8-9-24(13-30-32(7,26)27)18-12-16(4)23-21(19(18)22(25)29-6)31-20-14(2)10-17(28-5)11-15(20)3/h10-12H,8-9,13H2,1-7H3. The minimum atomic E-state index is -3.69. The van der Waals surface area contributed by atoms with Crippen molar-refractivity contribution < 1.29 is 31.6 Å². The van der Waals surface area contributed by atoms with Gasteiger partial charge >= 0.3 is 5.97 Å². The number of carbonyl (C=O) groups is 1. The van der Waals surface area contributed by atoms with Gasteiger partial charge in [-0.25, -0.2) is 14.0 Å². The van der Waals surface area contributed by atoms with E-state index in [0.29, 0.717) is 35.8 Å². The van der Waals surface area contributed by atoms with Crippen LogP contribution in [-0.4, -0.2) is 53.1 Å². The van der Waals surface area contributed by atoms with Crippen LogP contribution in [0.15, 0.2) is 18.2 Å². The zero-order valence-electron chi connectivity index (χ0n) is 19.5. The second kappa shape index (κ2) is 10.6. The average molecular weight is 467 g/mol. The second-order valence-corrected chi connectivity index (χ2v) is 9.01. The molecule has 0 atom stereocenters. The van der Waals surface area contributed by atoms with E-state index in [1.165, 1.54) is 7.11 Å². The van der Waals surface area contributed by atoms with Gasteiger partial charge in [0, 0.05) is 12.2 Å². The van der Waals surface area contributed by atoms with E-state index < -0.39 is 16.1 Å². The summed E-state index contributed by atoms with van der Waals surface area (Å²) < 4.78 is 44.6. The number of anilines is 1. The minimum Gasteiger partial charge on any atom is -0.497 e. The first-order chi connectivity index (χ1) is 15.0. The normalized spacial score (nSPS) is 11.2. The molecule has 0 N–H and O–H groups in total. The van der Waals surface area contributed by atoms with Gasteiger partial charge in [-0.05, 0) is 56.5 Å². The molecule has 0 aliphatic rings. The Kier molecular flexibility index (Phi) is 8.45. The van der Waals surface area contributed by atoms with Crippen molar-refractivity contribution in [2.24, 2.45) is 0 Å². The Morgan fingerprint density at radius 3 is 2.22 bits per heavy atom. The average Bonchev–Trinajstić information content (AvgIpc) is 2.71. The minimum absolute atomic E-state index is 0.0590. The number of esters is 1. The highest BCUT2D eigenvalue weighted by Crippen LogP contribution is 2.36. The molecule has 9 nitrogen and oxygen atoms in total. The van der Waals surface area contributed by atoms with Crippen LogP contribution in [0, 0.1) is 20.8 Å². The Morgan fingerprint density at radius 1 is 1.09 bits per heavy atom. The molecular weight excluding hydrogens is 436 g/mol. The number of benzene rings is 1. The van der Waals surface area contributed by atoms with Crippen LogP contribution >= 0.6 is 0 Å². The van der Waals surface area contributed by atoms with Gasteiger partial charge in [0.05, 0.1) is 26.2 Å². The third-order valence-electron chi connectivity index (χ3n) is 4.61. The molecule has 1 heterocycles. The van der Waals surface area contributed by atoms with Crippen LogP contribution in [0.25, 0.3) is 0 Å². The first-order valence-corrected chi connectivity index (χ1v) is 11.8. The van der Waals surface area contributed by atoms with E-state index in [-0.39, 0.29) is 18.2 Å². The molecule has 0 bridgehead atoms. The molecule has 0 aliphatic heterocycles. The van der Waals surface area contributed by atoms with Crippen molar-refractivity contribution in [2.75, 3.05) is 38.7 Å².